The van der Waals surface area contributed by atoms with Crippen LogP contribution in [0.25, 0.3) is 0 Å². The Bertz CT molecular complexity index is 539. The zero-order chi connectivity index (χ0) is 14.0. The zero-order valence-corrected chi connectivity index (χ0v) is 10.1. The van der Waals surface area contributed by atoms with Crippen LogP contribution >= 0.6 is 0 Å². The highest BCUT2D eigenvalue weighted by Gasteiger charge is 2.32. The monoisotopic (exact) mass is 266 g/mol. The van der Waals surface area contributed by atoms with Crippen molar-refractivity contribution in [3.8, 4) is 5.75 Å². The van der Waals surface area contributed by atoms with Gasteiger partial charge < -0.3 is 4.74 Å². The Morgan fingerprint density at radius 2 is 2.11 bits per heavy atom. The molecule has 0 aromatic heterocycles. The van der Waals surface area contributed by atoms with E-state index >= 15 is 0 Å². The lowest BCUT2D eigenvalue weighted by Gasteiger charge is -2.24. The number of halogens is 1. The number of rotatable bonds is 3. The van der Waals surface area contributed by atoms with Crippen LogP contribution in [0, 0.1) is 5.82 Å². The number of ether oxygens (including phenoxy) is 1. The summed E-state index contributed by atoms with van der Waals surface area (Å²) in [7, 11) is 0. The molecule has 1 saturated heterocycles. The Hall–Kier alpha value is -2.44. The first kappa shape index (κ1) is 13.0. The minimum atomic E-state index is -0.884. The average Bonchev–Trinajstić information content (AvgIpc) is 2.31. The van der Waals surface area contributed by atoms with Gasteiger partial charge in [0.15, 0.2) is 11.6 Å². The summed E-state index contributed by atoms with van der Waals surface area (Å²) in [5, 5.41) is 1.99. The van der Waals surface area contributed by atoms with Crippen LogP contribution in [-0.4, -0.2) is 24.5 Å². The Kier molecular flexibility index (Phi) is 3.46. The Labute approximate surface area is 108 Å². The fraction of sp³-hybridized carbons (Fsp3) is 0.250. The van der Waals surface area contributed by atoms with E-state index in [2.05, 4.69) is 0 Å². The summed E-state index contributed by atoms with van der Waals surface area (Å²) in [4.78, 5) is 34.9. The lowest BCUT2D eigenvalue weighted by molar-refractivity contribution is -0.128. The molecule has 1 aliphatic rings. The van der Waals surface area contributed by atoms with Gasteiger partial charge in [-0.15, -0.1) is 0 Å². The summed E-state index contributed by atoms with van der Waals surface area (Å²) in [6.07, 6.45) is -0.444. The third kappa shape index (κ3) is 2.54. The van der Waals surface area contributed by atoms with Crippen LogP contribution in [0.1, 0.15) is 13.3 Å². The van der Waals surface area contributed by atoms with Gasteiger partial charge in [-0.25, -0.2) is 14.1 Å². The summed E-state index contributed by atoms with van der Waals surface area (Å²) in [5.41, 5.74) is 0.0518. The maximum absolute atomic E-state index is 13.7. The molecule has 100 valence electrons. The van der Waals surface area contributed by atoms with Crippen molar-refractivity contribution in [1.29, 1.82) is 0 Å². The van der Waals surface area contributed by atoms with E-state index in [1.54, 1.807) is 6.92 Å². The largest absolute Gasteiger partial charge is 0.491 e. The molecule has 7 heteroatoms. The van der Waals surface area contributed by atoms with Gasteiger partial charge in [0, 0.05) is 6.07 Å². The summed E-state index contributed by atoms with van der Waals surface area (Å²) in [5.74, 6) is -2.01. The standard InChI is InChI=1S/C12H11FN2O4/c1-2-19-9-4-3-7(5-8(9)13)15-11(17)6-10(16)14-12(15)18/h3-5H,2,6H2,1H3,(H,14,16,18). The van der Waals surface area contributed by atoms with E-state index in [0.29, 0.717) is 6.61 Å². The zero-order valence-electron chi connectivity index (χ0n) is 10.1. The van der Waals surface area contributed by atoms with Gasteiger partial charge in [-0.2, -0.15) is 0 Å². The van der Waals surface area contributed by atoms with Crippen molar-refractivity contribution < 1.29 is 23.5 Å². The molecule has 0 bridgehead atoms. The molecule has 4 amide bonds. The van der Waals surface area contributed by atoms with Crippen molar-refractivity contribution in [2.75, 3.05) is 11.5 Å². The lowest BCUT2D eigenvalue weighted by atomic mass is 10.2. The predicted molar refractivity (Wildman–Crippen MR) is 63.2 cm³/mol. The minimum absolute atomic E-state index is 0.0344. The number of hydrogen-bond donors (Lipinski definition) is 1. The lowest BCUT2D eigenvalue weighted by Crippen LogP contribution is -2.52. The summed E-state index contributed by atoms with van der Waals surface area (Å²) >= 11 is 0. The molecule has 2 rings (SSSR count). The number of hydrogen-bond acceptors (Lipinski definition) is 4. The molecular weight excluding hydrogens is 255 g/mol. The smallest absolute Gasteiger partial charge is 0.335 e. The highest BCUT2D eigenvalue weighted by molar-refractivity contribution is 6.26. The van der Waals surface area contributed by atoms with Gasteiger partial charge in [0.05, 0.1) is 12.3 Å². The quantitative estimate of drug-likeness (QED) is 0.834. The van der Waals surface area contributed by atoms with Crippen LogP contribution in [0.4, 0.5) is 14.9 Å². The molecular formula is C12H11FN2O4. The molecule has 0 radical (unpaired) electrons. The maximum atomic E-state index is 13.7. The number of carbonyl (C=O) groups is 3. The molecule has 0 aliphatic carbocycles. The van der Waals surface area contributed by atoms with E-state index in [-0.39, 0.29) is 11.4 Å². The van der Waals surface area contributed by atoms with Crippen molar-refractivity contribution in [3.05, 3.63) is 24.0 Å². The number of nitrogens with one attached hydrogen (secondary N) is 1. The SMILES string of the molecule is CCOc1ccc(N2C(=O)CC(=O)NC2=O)cc1F. The van der Waals surface area contributed by atoms with Crippen LogP contribution in [0.5, 0.6) is 5.75 Å². The van der Waals surface area contributed by atoms with Gasteiger partial charge >= 0.3 is 6.03 Å². The number of barbiturate groups is 1. The molecule has 1 aromatic carbocycles. The maximum Gasteiger partial charge on any atom is 0.335 e. The van der Waals surface area contributed by atoms with Gasteiger partial charge in [0.25, 0.3) is 0 Å². The number of carbonyl (C=O) groups excluding carboxylic acids is 3. The number of imide groups is 2. The van der Waals surface area contributed by atoms with Crippen LogP contribution < -0.4 is 15.0 Å². The van der Waals surface area contributed by atoms with Crippen LogP contribution in [0.3, 0.4) is 0 Å². The van der Waals surface area contributed by atoms with E-state index in [9.17, 15) is 18.8 Å². The van der Waals surface area contributed by atoms with Gasteiger partial charge in [0.1, 0.15) is 6.42 Å². The molecule has 0 spiro atoms. The first-order valence-electron chi connectivity index (χ1n) is 5.62. The first-order valence-corrected chi connectivity index (χ1v) is 5.62. The van der Waals surface area contributed by atoms with E-state index in [4.69, 9.17) is 4.74 Å². The minimum Gasteiger partial charge on any atom is -0.491 e. The highest BCUT2D eigenvalue weighted by Crippen LogP contribution is 2.25. The Morgan fingerprint density at radius 1 is 1.37 bits per heavy atom. The van der Waals surface area contributed by atoms with E-state index < -0.39 is 30.1 Å². The second-order valence-corrected chi connectivity index (χ2v) is 3.81. The molecule has 6 nitrogen and oxygen atoms in total. The van der Waals surface area contributed by atoms with Crippen molar-refractivity contribution >= 4 is 23.5 Å². The van der Waals surface area contributed by atoms with Crippen molar-refractivity contribution in [2.45, 2.75) is 13.3 Å². The fourth-order valence-corrected chi connectivity index (χ4v) is 1.71. The molecule has 1 heterocycles. The van der Waals surface area contributed by atoms with E-state index in [1.807, 2.05) is 5.32 Å². The topological polar surface area (TPSA) is 75.7 Å². The second kappa shape index (κ2) is 5.05. The molecule has 1 aromatic rings. The first-order chi connectivity index (χ1) is 9.02. The normalized spacial score (nSPS) is 15.5. The number of anilines is 1. The van der Waals surface area contributed by atoms with Crippen molar-refractivity contribution in [3.63, 3.8) is 0 Å². The third-order valence-corrected chi connectivity index (χ3v) is 2.48. The number of benzene rings is 1. The van der Waals surface area contributed by atoms with Crippen LogP contribution in [-0.2, 0) is 9.59 Å². The third-order valence-electron chi connectivity index (χ3n) is 2.48. The average molecular weight is 266 g/mol. The predicted octanol–water partition coefficient (Wildman–Crippen LogP) is 1.20. The molecule has 0 saturated carbocycles. The molecule has 19 heavy (non-hydrogen) atoms. The summed E-state index contributed by atoms with van der Waals surface area (Å²) < 4.78 is 18.7. The van der Waals surface area contributed by atoms with E-state index in [1.165, 1.54) is 12.1 Å². The number of nitrogens with zero attached hydrogens (tertiary/aromatic N) is 1. The number of urea groups is 1. The van der Waals surface area contributed by atoms with Crippen molar-refractivity contribution in [1.82, 2.24) is 5.32 Å². The molecule has 0 unspecified atom stereocenters. The Balaban J connectivity index is 2.31. The van der Waals surface area contributed by atoms with Gasteiger partial charge in [-0.05, 0) is 19.1 Å². The summed E-state index contributed by atoms with van der Waals surface area (Å²) in [6, 6.07) is 2.83. The van der Waals surface area contributed by atoms with E-state index in [0.717, 1.165) is 11.0 Å². The molecule has 1 aliphatic heterocycles. The van der Waals surface area contributed by atoms with Crippen LogP contribution in [0.15, 0.2) is 18.2 Å². The molecule has 1 fully saturated rings. The van der Waals surface area contributed by atoms with Gasteiger partial charge in [0.2, 0.25) is 11.8 Å². The Morgan fingerprint density at radius 3 is 2.68 bits per heavy atom. The van der Waals surface area contributed by atoms with Crippen LogP contribution in [0.2, 0.25) is 0 Å². The van der Waals surface area contributed by atoms with Gasteiger partial charge in [-0.1, -0.05) is 0 Å². The van der Waals surface area contributed by atoms with Crippen molar-refractivity contribution in [2.24, 2.45) is 0 Å². The summed E-state index contributed by atoms with van der Waals surface area (Å²) in [6.45, 7) is 2.01. The number of amides is 4. The highest BCUT2D eigenvalue weighted by atomic mass is 19.1. The van der Waals surface area contributed by atoms with Gasteiger partial charge in [-0.3, -0.25) is 14.9 Å². The fourth-order valence-electron chi connectivity index (χ4n) is 1.71. The molecule has 1 N–H and O–H groups in total. The second-order valence-electron chi connectivity index (χ2n) is 3.81. The molecule has 0 atom stereocenters.